The quantitative estimate of drug-likeness (QED) is 0.414. The van der Waals surface area contributed by atoms with Crippen molar-refractivity contribution in [1.29, 1.82) is 0 Å². The van der Waals surface area contributed by atoms with E-state index in [0.29, 0.717) is 17.0 Å². The van der Waals surface area contributed by atoms with Crippen molar-refractivity contribution in [2.75, 3.05) is 11.9 Å². The van der Waals surface area contributed by atoms with Gasteiger partial charge in [-0.3, -0.25) is 9.59 Å². The molecule has 0 unspecified atom stereocenters. The molecule has 0 saturated heterocycles. The first-order chi connectivity index (χ1) is 15.2. The monoisotopic (exact) mass is 463 g/mol. The van der Waals surface area contributed by atoms with Crippen LogP contribution in [0.1, 0.15) is 12.5 Å². The van der Waals surface area contributed by atoms with Crippen molar-refractivity contribution in [1.82, 2.24) is 20.1 Å². The number of hydrogen-bond donors (Lipinski definition) is 2. The van der Waals surface area contributed by atoms with E-state index < -0.39 is 46.7 Å². The first kappa shape index (κ1) is 23.3. The molecule has 0 fully saturated rings. The van der Waals surface area contributed by atoms with Gasteiger partial charge >= 0.3 is 0 Å². The highest BCUT2D eigenvalue weighted by molar-refractivity contribution is 8.00. The summed E-state index contributed by atoms with van der Waals surface area (Å²) >= 11 is 1.16. The molecule has 0 aliphatic rings. The Bertz CT molecular complexity index is 1170. The predicted octanol–water partition coefficient (Wildman–Crippen LogP) is 3.44. The Labute approximate surface area is 186 Å². The van der Waals surface area contributed by atoms with Crippen molar-refractivity contribution in [3.8, 4) is 11.4 Å². The van der Waals surface area contributed by atoms with Crippen LogP contribution in [0.4, 0.5) is 18.9 Å². The summed E-state index contributed by atoms with van der Waals surface area (Å²) in [4.78, 5) is 24.3. The predicted molar refractivity (Wildman–Crippen MR) is 114 cm³/mol. The summed E-state index contributed by atoms with van der Waals surface area (Å²) in [6, 6.07) is 9.30. The number of thioether (sulfide) groups is 1. The van der Waals surface area contributed by atoms with Gasteiger partial charge in [-0.15, -0.1) is 10.2 Å². The Morgan fingerprint density at radius 2 is 1.81 bits per heavy atom. The van der Waals surface area contributed by atoms with Crippen molar-refractivity contribution in [3.63, 3.8) is 0 Å². The number of rotatable bonds is 7. The highest BCUT2D eigenvalue weighted by Crippen LogP contribution is 2.27. The van der Waals surface area contributed by atoms with Gasteiger partial charge in [0.25, 0.3) is 0 Å². The van der Waals surface area contributed by atoms with Gasteiger partial charge in [0.05, 0.1) is 17.5 Å². The van der Waals surface area contributed by atoms with E-state index in [1.165, 1.54) is 0 Å². The zero-order chi connectivity index (χ0) is 23.4. The summed E-state index contributed by atoms with van der Waals surface area (Å²) in [6.45, 7) is 3.12. The van der Waals surface area contributed by atoms with Crippen molar-refractivity contribution >= 4 is 29.3 Å². The largest absolute Gasteiger partial charge is 0.346 e. The average molecular weight is 463 g/mol. The molecule has 2 amide bonds. The SMILES string of the molecule is Cc1ccccc1-c1nnc(S[C@@H](C)C(=O)NCC(=O)Nc2ccc(F)c(F)c2F)n1C. The van der Waals surface area contributed by atoms with Crippen LogP contribution >= 0.6 is 11.8 Å². The molecule has 3 aromatic rings. The number of amides is 2. The lowest BCUT2D eigenvalue weighted by atomic mass is 10.1. The standard InChI is InChI=1S/C21H20F3N5O2S/c1-11-6-4-5-7-13(11)19-27-28-21(29(19)3)32-12(2)20(31)25-10-16(30)26-15-9-8-14(22)17(23)18(15)24/h4-9,12H,10H2,1-3H3,(H,25,31)(H,26,30)/t12-/m0/s1. The van der Waals surface area contributed by atoms with Crippen LogP contribution in [0.3, 0.4) is 0 Å². The van der Waals surface area contributed by atoms with Crippen LogP contribution in [0, 0.1) is 24.4 Å². The zero-order valence-electron chi connectivity index (χ0n) is 17.4. The molecular weight excluding hydrogens is 443 g/mol. The summed E-state index contributed by atoms with van der Waals surface area (Å²) in [7, 11) is 1.79. The maximum atomic E-state index is 13.6. The van der Waals surface area contributed by atoms with E-state index >= 15 is 0 Å². The Kier molecular flexibility index (Phi) is 7.18. The lowest BCUT2D eigenvalue weighted by Gasteiger charge is -2.12. The minimum Gasteiger partial charge on any atom is -0.346 e. The van der Waals surface area contributed by atoms with Crippen LogP contribution in [0.5, 0.6) is 0 Å². The number of benzene rings is 2. The van der Waals surface area contributed by atoms with Gasteiger partial charge in [0.15, 0.2) is 28.4 Å². The Balaban J connectivity index is 1.57. The van der Waals surface area contributed by atoms with Crippen molar-refractivity contribution < 1.29 is 22.8 Å². The van der Waals surface area contributed by atoms with Crippen molar-refractivity contribution in [3.05, 3.63) is 59.4 Å². The van der Waals surface area contributed by atoms with Crippen molar-refractivity contribution in [2.24, 2.45) is 7.05 Å². The fraction of sp³-hybridized carbons (Fsp3) is 0.238. The zero-order valence-corrected chi connectivity index (χ0v) is 18.3. The van der Waals surface area contributed by atoms with E-state index in [2.05, 4.69) is 20.8 Å². The number of halogens is 3. The molecule has 2 aromatic carbocycles. The molecule has 1 atom stereocenters. The molecule has 168 valence electrons. The minimum absolute atomic E-state index is 0.462. The van der Waals surface area contributed by atoms with Crippen molar-refractivity contribution in [2.45, 2.75) is 24.3 Å². The number of nitrogens with one attached hydrogen (secondary N) is 2. The number of aromatic nitrogens is 3. The first-order valence-corrected chi connectivity index (χ1v) is 10.4. The molecule has 3 rings (SSSR count). The van der Waals surface area contributed by atoms with E-state index in [0.717, 1.165) is 29.0 Å². The molecule has 0 saturated carbocycles. The Morgan fingerprint density at radius 1 is 1.09 bits per heavy atom. The molecule has 7 nitrogen and oxygen atoms in total. The molecule has 1 aromatic heterocycles. The van der Waals surface area contributed by atoms with Crippen LogP contribution in [-0.4, -0.2) is 38.4 Å². The maximum Gasteiger partial charge on any atom is 0.243 e. The number of hydrogen-bond acceptors (Lipinski definition) is 5. The van der Waals surface area contributed by atoms with Gasteiger partial charge in [0, 0.05) is 12.6 Å². The molecule has 0 radical (unpaired) electrons. The average Bonchev–Trinajstić information content (AvgIpc) is 3.12. The second-order valence-corrected chi connectivity index (χ2v) is 8.24. The maximum absolute atomic E-state index is 13.6. The van der Waals surface area contributed by atoms with Crippen LogP contribution in [-0.2, 0) is 16.6 Å². The number of carbonyl (C=O) groups is 2. The Hall–Kier alpha value is -3.34. The van der Waals surface area contributed by atoms with E-state index in [1.807, 2.05) is 31.2 Å². The molecule has 2 N–H and O–H groups in total. The van der Waals surface area contributed by atoms with Crippen LogP contribution in [0.15, 0.2) is 41.6 Å². The van der Waals surface area contributed by atoms with Gasteiger partial charge in [-0.05, 0) is 31.5 Å². The normalized spacial score (nSPS) is 11.8. The topological polar surface area (TPSA) is 88.9 Å². The molecule has 0 aliphatic heterocycles. The molecule has 0 aliphatic carbocycles. The third kappa shape index (κ3) is 5.10. The Morgan fingerprint density at radius 3 is 2.53 bits per heavy atom. The second kappa shape index (κ2) is 9.86. The van der Waals surface area contributed by atoms with E-state index in [-0.39, 0.29) is 0 Å². The molecule has 1 heterocycles. The summed E-state index contributed by atoms with van der Waals surface area (Å²) in [5.74, 6) is -5.16. The molecule has 32 heavy (non-hydrogen) atoms. The molecule has 0 spiro atoms. The number of carbonyl (C=O) groups excluding carboxylic acids is 2. The number of nitrogens with zero attached hydrogens (tertiary/aromatic N) is 3. The fourth-order valence-electron chi connectivity index (χ4n) is 2.82. The lowest BCUT2D eigenvalue weighted by molar-refractivity contribution is -0.123. The first-order valence-electron chi connectivity index (χ1n) is 9.52. The second-order valence-electron chi connectivity index (χ2n) is 6.93. The van der Waals surface area contributed by atoms with Crippen LogP contribution < -0.4 is 10.6 Å². The van der Waals surface area contributed by atoms with E-state index in [9.17, 15) is 22.8 Å². The van der Waals surface area contributed by atoms with Gasteiger partial charge in [0.1, 0.15) is 0 Å². The van der Waals surface area contributed by atoms with Gasteiger partial charge in [-0.1, -0.05) is 36.0 Å². The van der Waals surface area contributed by atoms with Gasteiger partial charge in [-0.25, -0.2) is 13.2 Å². The van der Waals surface area contributed by atoms with Crippen LogP contribution in [0.2, 0.25) is 0 Å². The van der Waals surface area contributed by atoms with Gasteiger partial charge in [-0.2, -0.15) is 0 Å². The van der Waals surface area contributed by atoms with Crippen LogP contribution in [0.25, 0.3) is 11.4 Å². The summed E-state index contributed by atoms with van der Waals surface area (Å²) < 4.78 is 41.6. The third-order valence-electron chi connectivity index (χ3n) is 4.60. The van der Waals surface area contributed by atoms with E-state index in [4.69, 9.17) is 0 Å². The van der Waals surface area contributed by atoms with Gasteiger partial charge < -0.3 is 15.2 Å². The number of aryl methyl sites for hydroxylation is 1. The summed E-state index contributed by atoms with van der Waals surface area (Å²) in [6.07, 6.45) is 0. The summed E-state index contributed by atoms with van der Waals surface area (Å²) in [5.41, 5.74) is 1.44. The third-order valence-corrected chi connectivity index (χ3v) is 5.74. The highest BCUT2D eigenvalue weighted by Gasteiger charge is 2.21. The number of anilines is 1. The molecular formula is C21H20F3N5O2S. The smallest absolute Gasteiger partial charge is 0.243 e. The van der Waals surface area contributed by atoms with E-state index in [1.54, 1.807) is 18.5 Å². The molecule has 11 heteroatoms. The molecule has 0 bridgehead atoms. The highest BCUT2D eigenvalue weighted by atomic mass is 32.2. The van der Waals surface area contributed by atoms with Gasteiger partial charge in [0.2, 0.25) is 11.8 Å². The fourth-order valence-corrected chi connectivity index (χ4v) is 3.65. The lowest BCUT2D eigenvalue weighted by Crippen LogP contribution is -2.37. The minimum atomic E-state index is -1.69. The summed E-state index contributed by atoms with van der Waals surface area (Å²) in [5, 5.41) is 12.7.